The Morgan fingerprint density at radius 1 is 1.07 bits per heavy atom. The number of amides is 1. The number of carbonyl (C=O) groups is 1. The van der Waals surface area contributed by atoms with E-state index in [4.69, 9.17) is 4.74 Å². The molecule has 1 N–H and O–H groups in total. The molecule has 0 bridgehead atoms. The van der Waals surface area contributed by atoms with Gasteiger partial charge in [0.1, 0.15) is 5.75 Å². The Labute approximate surface area is 175 Å². The average Bonchev–Trinajstić information content (AvgIpc) is 3.47. The van der Waals surface area contributed by atoms with Crippen LogP contribution in [0.2, 0.25) is 0 Å². The largest absolute Gasteiger partial charge is 0.494 e. The molecule has 2 atom stereocenters. The van der Waals surface area contributed by atoms with Gasteiger partial charge in [-0.05, 0) is 76.3 Å². The topological polar surface area (TPSA) is 44.8 Å². The van der Waals surface area contributed by atoms with Gasteiger partial charge in [-0.3, -0.25) is 4.79 Å². The van der Waals surface area contributed by atoms with Crippen LogP contribution in [-0.2, 0) is 4.79 Å². The number of rotatable bonds is 9. The summed E-state index contributed by atoms with van der Waals surface area (Å²) in [6, 6.07) is 9.77. The van der Waals surface area contributed by atoms with Crippen LogP contribution >= 0.6 is 0 Å². The predicted octanol–water partition coefficient (Wildman–Crippen LogP) is 3.97. The fourth-order valence-corrected chi connectivity index (χ4v) is 5.21. The zero-order valence-corrected chi connectivity index (χ0v) is 17.9. The van der Waals surface area contributed by atoms with E-state index in [1.807, 2.05) is 29.2 Å². The van der Waals surface area contributed by atoms with E-state index in [0.717, 1.165) is 50.0 Å². The first kappa shape index (κ1) is 20.7. The van der Waals surface area contributed by atoms with Gasteiger partial charge in [-0.25, -0.2) is 0 Å². The molecule has 0 radical (unpaired) electrons. The van der Waals surface area contributed by atoms with Gasteiger partial charge in [0, 0.05) is 43.3 Å². The number of benzene rings is 1. The van der Waals surface area contributed by atoms with Crippen molar-refractivity contribution in [3.05, 3.63) is 24.3 Å². The van der Waals surface area contributed by atoms with Crippen LogP contribution in [-0.4, -0.2) is 55.2 Å². The van der Waals surface area contributed by atoms with Crippen LogP contribution in [0.15, 0.2) is 24.3 Å². The zero-order chi connectivity index (χ0) is 20.1. The van der Waals surface area contributed by atoms with E-state index < -0.39 is 0 Å². The van der Waals surface area contributed by atoms with Crippen molar-refractivity contribution in [3.8, 4) is 5.75 Å². The molecule has 3 aliphatic rings. The summed E-state index contributed by atoms with van der Waals surface area (Å²) in [7, 11) is 0. The van der Waals surface area contributed by atoms with Gasteiger partial charge in [0.05, 0.1) is 6.61 Å². The van der Waals surface area contributed by atoms with Gasteiger partial charge in [0.2, 0.25) is 5.91 Å². The van der Waals surface area contributed by atoms with Gasteiger partial charge in [-0.1, -0.05) is 12.8 Å². The van der Waals surface area contributed by atoms with Crippen molar-refractivity contribution in [1.29, 1.82) is 0 Å². The van der Waals surface area contributed by atoms with E-state index in [2.05, 4.69) is 17.1 Å². The first-order valence-corrected chi connectivity index (χ1v) is 11.7. The molecule has 2 heterocycles. The minimum Gasteiger partial charge on any atom is -0.494 e. The van der Waals surface area contributed by atoms with E-state index in [0.29, 0.717) is 12.5 Å². The van der Waals surface area contributed by atoms with Gasteiger partial charge >= 0.3 is 0 Å². The Bertz CT molecular complexity index is 657. The maximum absolute atomic E-state index is 12.5. The Hall–Kier alpha value is -1.59. The molecule has 1 amide bonds. The molecule has 1 aliphatic carbocycles. The number of anilines is 1. The Kier molecular flexibility index (Phi) is 7.09. The Balaban J connectivity index is 1.25. The van der Waals surface area contributed by atoms with Crippen molar-refractivity contribution < 1.29 is 9.53 Å². The third-order valence-corrected chi connectivity index (χ3v) is 6.99. The molecule has 5 heteroatoms. The van der Waals surface area contributed by atoms with Gasteiger partial charge < -0.3 is 19.9 Å². The van der Waals surface area contributed by atoms with E-state index in [-0.39, 0.29) is 11.9 Å². The first-order valence-electron chi connectivity index (χ1n) is 11.7. The summed E-state index contributed by atoms with van der Waals surface area (Å²) in [6.45, 7) is 6.33. The van der Waals surface area contributed by atoms with Crippen LogP contribution in [0, 0.1) is 0 Å². The van der Waals surface area contributed by atoms with E-state index >= 15 is 0 Å². The van der Waals surface area contributed by atoms with Crippen molar-refractivity contribution in [3.63, 3.8) is 0 Å². The lowest BCUT2D eigenvalue weighted by atomic mass is 10.1. The van der Waals surface area contributed by atoms with Crippen molar-refractivity contribution in [1.82, 2.24) is 10.2 Å². The lowest BCUT2D eigenvalue weighted by Crippen LogP contribution is -2.42. The van der Waals surface area contributed by atoms with Crippen molar-refractivity contribution in [2.75, 3.05) is 31.1 Å². The Morgan fingerprint density at radius 3 is 2.59 bits per heavy atom. The molecule has 0 aromatic heterocycles. The standard InChI is InChI=1S/C24H37N3O2/c1-19-6-4-15-26(19)16-5-17-29-23-12-9-21(10-13-23)27-22(11-14-24(27)28)18-25-20-7-2-3-8-20/h9-10,12-13,19-20,22,25H,2-8,11,14-18H2,1H3/t19?,22-/m0/s1. The molecule has 4 rings (SSSR count). The average molecular weight is 400 g/mol. The fraction of sp³-hybridized carbons (Fsp3) is 0.708. The monoisotopic (exact) mass is 399 g/mol. The molecule has 2 aliphatic heterocycles. The zero-order valence-electron chi connectivity index (χ0n) is 17.9. The molecule has 29 heavy (non-hydrogen) atoms. The molecule has 3 fully saturated rings. The molecule has 0 spiro atoms. The second-order valence-electron chi connectivity index (χ2n) is 9.07. The second kappa shape index (κ2) is 9.94. The van der Waals surface area contributed by atoms with E-state index in [1.54, 1.807) is 0 Å². The molecular formula is C24H37N3O2. The highest BCUT2D eigenvalue weighted by Gasteiger charge is 2.32. The predicted molar refractivity (Wildman–Crippen MR) is 118 cm³/mol. The lowest BCUT2D eigenvalue weighted by molar-refractivity contribution is -0.117. The van der Waals surface area contributed by atoms with E-state index in [9.17, 15) is 4.79 Å². The number of carbonyl (C=O) groups excluding carboxylic acids is 1. The maximum atomic E-state index is 12.5. The molecule has 1 unspecified atom stereocenters. The maximum Gasteiger partial charge on any atom is 0.227 e. The fourth-order valence-electron chi connectivity index (χ4n) is 5.21. The minimum atomic E-state index is 0.247. The molecule has 160 valence electrons. The van der Waals surface area contributed by atoms with Gasteiger partial charge in [0.15, 0.2) is 0 Å². The van der Waals surface area contributed by atoms with Crippen molar-refractivity contribution >= 4 is 11.6 Å². The minimum absolute atomic E-state index is 0.247. The van der Waals surface area contributed by atoms with Crippen LogP contribution in [0.1, 0.15) is 64.7 Å². The molecule has 5 nitrogen and oxygen atoms in total. The van der Waals surface area contributed by atoms with Crippen LogP contribution in [0.4, 0.5) is 5.69 Å². The molecule has 1 aromatic carbocycles. The summed E-state index contributed by atoms with van der Waals surface area (Å²) in [4.78, 5) is 17.1. The second-order valence-corrected chi connectivity index (χ2v) is 9.07. The highest BCUT2D eigenvalue weighted by molar-refractivity contribution is 5.96. The first-order chi connectivity index (χ1) is 14.2. The highest BCUT2D eigenvalue weighted by Crippen LogP contribution is 2.29. The highest BCUT2D eigenvalue weighted by atomic mass is 16.5. The number of hydrogen-bond donors (Lipinski definition) is 1. The Morgan fingerprint density at radius 2 is 1.86 bits per heavy atom. The number of likely N-dealkylation sites (tertiary alicyclic amines) is 1. The van der Waals surface area contributed by atoms with Gasteiger partial charge in [-0.15, -0.1) is 0 Å². The number of ether oxygens (including phenoxy) is 1. The SMILES string of the molecule is CC1CCCN1CCCOc1ccc(N2C(=O)CC[C@H]2CNC2CCCC2)cc1. The third kappa shape index (κ3) is 5.32. The molecule has 1 aromatic rings. The number of hydrogen-bond acceptors (Lipinski definition) is 4. The summed E-state index contributed by atoms with van der Waals surface area (Å²) in [5.41, 5.74) is 1.00. The number of nitrogens with zero attached hydrogens (tertiary/aromatic N) is 2. The number of nitrogens with one attached hydrogen (secondary N) is 1. The van der Waals surface area contributed by atoms with Crippen molar-refractivity contribution in [2.24, 2.45) is 0 Å². The lowest BCUT2D eigenvalue weighted by Gasteiger charge is -2.27. The van der Waals surface area contributed by atoms with Crippen LogP contribution in [0.5, 0.6) is 5.75 Å². The quantitative estimate of drug-likeness (QED) is 0.638. The summed E-state index contributed by atoms with van der Waals surface area (Å²) < 4.78 is 5.94. The van der Waals surface area contributed by atoms with Gasteiger partial charge in [0.25, 0.3) is 0 Å². The van der Waals surface area contributed by atoms with Gasteiger partial charge in [-0.2, -0.15) is 0 Å². The molecule has 2 saturated heterocycles. The third-order valence-electron chi connectivity index (χ3n) is 6.99. The molecular weight excluding hydrogens is 362 g/mol. The van der Waals surface area contributed by atoms with Crippen LogP contribution in [0.3, 0.4) is 0 Å². The smallest absolute Gasteiger partial charge is 0.227 e. The molecule has 1 saturated carbocycles. The van der Waals surface area contributed by atoms with E-state index in [1.165, 1.54) is 45.1 Å². The summed E-state index contributed by atoms with van der Waals surface area (Å²) >= 11 is 0. The summed E-state index contributed by atoms with van der Waals surface area (Å²) in [5.74, 6) is 1.15. The van der Waals surface area contributed by atoms with Crippen LogP contribution in [0.25, 0.3) is 0 Å². The summed E-state index contributed by atoms with van der Waals surface area (Å²) in [6.07, 6.45) is 10.6. The van der Waals surface area contributed by atoms with Crippen molar-refractivity contribution in [2.45, 2.75) is 82.8 Å². The van der Waals surface area contributed by atoms with Crippen LogP contribution < -0.4 is 15.0 Å². The normalized spacial score (nSPS) is 26.0. The summed E-state index contributed by atoms with van der Waals surface area (Å²) in [5, 5.41) is 3.69.